The molecule has 0 radical (unpaired) electrons. The number of rotatable bonds is 9. The number of hydrogen-bond acceptors (Lipinski definition) is 3. The van der Waals surface area contributed by atoms with Crippen molar-refractivity contribution >= 4 is 23.4 Å². The first-order valence-electron chi connectivity index (χ1n) is 10.5. The molecule has 3 rings (SSSR count). The summed E-state index contributed by atoms with van der Waals surface area (Å²) < 4.78 is 19.7. The molecular weight excluding hydrogens is 443 g/mol. The third-order valence-electron chi connectivity index (χ3n) is 5.39. The Bertz CT molecular complexity index is 1090. The molecule has 0 aliphatic heterocycles. The van der Waals surface area contributed by atoms with Crippen molar-refractivity contribution < 1.29 is 18.7 Å². The number of nitrogens with one attached hydrogen (secondary N) is 1. The van der Waals surface area contributed by atoms with E-state index in [9.17, 15) is 14.0 Å². The second-order valence-corrected chi connectivity index (χ2v) is 7.98. The Morgan fingerprint density at radius 3 is 2.39 bits per heavy atom. The van der Waals surface area contributed by atoms with Crippen LogP contribution in [0, 0.1) is 5.82 Å². The van der Waals surface area contributed by atoms with Gasteiger partial charge in [0.2, 0.25) is 11.8 Å². The van der Waals surface area contributed by atoms with Crippen molar-refractivity contribution in [2.75, 3.05) is 14.2 Å². The second kappa shape index (κ2) is 11.5. The highest BCUT2D eigenvalue weighted by Gasteiger charge is 2.30. The van der Waals surface area contributed by atoms with Gasteiger partial charge in [-0.3, -0.25) is 9.59 Å². The molecule has 0 saturated carbocycles. The van der Waals surface area contributed by atoms with Crippen LogP contribution in [0.5, 0.6) is 5.75 Å². The fraction of sp³-hybridized carbons (Fsp3) is 0.231. The van der Waals surface area contributed by atoms with Gasteiger partial charge in [-0.05, 0) is 35.4 Å². The van der Waals surface area contributed by atoms with Gasteiger partial charge >= 0.3 is 0 Å². The van der Waals surface area contributed by atoms with Gasteiger partial charge in [-0.25, -0.2) is 4.39 Å². The smallest absolute Gasteiger partial charge is 0.242 e. The quantitative estimate of drug-likeness (QED) is 0.506. The number of carbonyl (C=O) groups excluding carboxylic acids is 2. The van der Waals surface area contributed by atoms with Gasteiger partial charge in [0.25, 0.3) is 0 Å². The lowest BCUT2D eigenvalue weighted by Crippen LogP contribution is -2.50. The van der Waals surface area contributed by atoms with Crippen molar-refractivity contribution in [2.24, 2.45) is 0 Å². The number of carbonyl (C=O) groups is 2. The molecule has 0 aliphatic rings. The molecular formula is C26H26ClFN2O3. The van der Waals surface area contributed by atoms with E-state index in [1.807, 2.05) is 42.5 Å². The summed E-state index contributed by atoms with van der Waals surface area (Å²) in [6, 6.07) is 20.2. The number of amides is 2. The lowest BCUT2D eigenvalue weighted by molar-refractivity contribution is -0.140. The van der Waals surface area contributed by atoms with Crippen LogP contribution in [0.4, 0.5) is 4.39 Å². The SMILES string of the molecule is CNC(=O)C(Cc1ccccc1)N(Cc1cccc(OC)c1)C(=O)Cc1c(F)cccc1Cl. The van der Waals surface area contributed by atoms with Crippen molar-refractivity contribution in [3.63, 3.8) is 0 Å². The van der Waals surface area contributed by atoms with Gasteiger partial charge in [0, 0.05) is 30.6 Å². The molecule has 1 unspecified atom stereocenters. The summed E-state index contributed by atoms with van der Waals surface area (Å²) in [7, 11) is 3.09. The summed E-state index contributed by atoms with van der Waals surface area (Å²) in [5, 5.41) is 2.83. The van der Waals surface area contributed by atoms with Gasteiger partial charge < -0.3 is 15.0 Å². The normalized spacial score (nSPS) is 11.5. The number of likely N-dealkylation sites (N-methyl/N-ethyl adjacent to an activating group) is 1. The minimum absolute atomic E-state index is 0.107. The Morgan fingerprint density at radius 1 is 1.03 bits per heavy atom. The largest absolute Gasteiger partial charge is 0.497 e. The van der Waals surface area contributed by atoms with Crippen LogP contribution in [0.3, 0.4) is 0 Å². The summed E-state index contributed by atoms with van der Waals surface area (Å²) in [6.45, 7) is 0.146. The standard InChI is InChI=1S/C26H26ClFN2O3/c1-29-26(32)24(15-18-8-4-3-5-9-18)30(17-19-10-6-11-20(14-19)33-2)25(31)16-21-22(27)12-7-13-23(21)28/h3-14,24H,15-17H2,1-2H3,(H,29,32). The molecule has 0 aromatic heterocycles. The fourth-order valence-electron chi connectivity index (χ4n) is 3.64. The highest BCUT2D eigenvalue weighted by Crippen LogP contribution is 2.23. The highest BCUT2D eigenvalue weighted by molar-refractivity contribution is 6.31. The van der Waals surface area contributed by atoms with Crippen LogP contribution in [0.15, 0.2) is 72.8 Å². The van der Waals surface area contributed by atoms with E-state index in [1.165, 1.54) is 24.1 Å². The zero-order valence-electron chi connectivity index (χ0n) is 18.6. The molecule has 3 aromatic carbocycles. The fourth-order valence-corrected chi connectivity index (χ4v) is 3.87. The van der Waals surface area contributed by atoms with Gasteiger partial charge in [-0.2, -0.15) is 0 Å². The molecule has 0 bridgehead atoms. The van der Waals surface area contributed by atoms with E-state index in [-0.39, 0.29) is 29.5 Å². The van der Waals surface area contributed by atoms with Crippen LogP contribution < -0.4 is 10.1 Å². The monoisotopic (exact) mass is 468 g/mol. The Morgan fingerprint density at radius 2 is 1.73 bits per heavy atom. The molecule has 2 amide bonds. The van der Waals surface area contributed by atoms with Crippen molar-refractivity contribution in [1.29, 1.82) is 0 Å². The first-order valence-corrected chi connectivity index (χ1v) is 10.9. The predicted octanol–water partition coefficient (Wildman–Crippen LogP) is 4.42. The maximum atomic E-state index is 14.4. The predicted molar refractivity (Wildman–Crippen MR) is 127 cm³/mol. The van der Waals surface area contributed by atoms with E-state index in [4.69, 9.17) is 16.3 Å². The van der Waals surface area contributed by atoms with Crippen LogP contribution >= 0.6 is 11.6 Å². The molecule has 0 heterocycles. The van der Waals surface area contributed by atoms with E-state index in [1.54, 1.807) is 25.3 Å². The molecule has 0 saturated heterocycles. The maximum Gasteiger partial charge on any atom is 0.242 e. The van der Waals surface area contributed by atoms with Crippen molar-refractivity contribution in [3.8, 4) is 5.75 Å². The van der Waals surface area contributed by atoms with E-state index < -0.39 is 17.8 Å². The van der Waals surface area contributed by atoms with E-state index in [2.05, 4.69) is 5.32 Å². The number of ether oxygens (including phenoxy) is 1. The zero-order valence-corrected chi connectivity index (χ0v) is 19.3. The molecule has 1 N–H and O–H groups in total. The van der Waals surface area contributed by atoms with Crippen molar-refractivity contribution in [2.45, 2.75) is 25.4 Å². The van der Waals surface area contributed by atoms with Gasteiger partial charge in [0.1, 0.15) is 17.6 Å². The van der Waals surface area contributed by atoms with Crippen molar-refractivity contribution in [3.05, 3.63) is 100 Å². The van der Waals surface area contributed by atoms with Crippen LogP contribution in [-0.2, 0) is 29.0 Å². The Hall–Kier alpha value is -3.38. The Balaban J connectivity index is 1.99. The van der Waals surface area contributed by atoms with Gasteiger partial charge in [0.05, 0.1) is 13.5 Å². The molecule has 7 heteroatoms. The molecule has 5 nitrogen and oxygen atoms in total. The van der Waals surface area contributed by atoms with E-state index in [0.29, 0.717) is 12.2 Å². The maximum absolute atomic E-state index is 14.4. The average molecular weight is 469 g/mol. The lowest BCUT2D eigenvalue weighted by atomic mass is 10.0. The Kier molecular flexibility index (Phi) is 8.44. The highest BCUT2D eigenvalue weighted by atomic mass is 35.5. The average Bonchev–Trinajstić information content (AvgIpc) is 2.83. The van der Waals surface area contributed by atoms with Crippen molar-refractivity contribution in [1.82, 2.24) is 10.2 Å². The third kappa shape index (κ3) is 6.33. The second-order valence-electron chi connectivity index (χ2n) is 7.57. The summed E-state index contributed by atoms with van der Waals surface area (Å²) in [5.74, 6) is -0.641. The van der Waals surface area contributed by atoms with E-state index in [0.717, 1.165) is 11.1 Å². The van der Waals surface area contributed by atoms with Gasteiger partial charge in [-0.1, -0.05) is 60.1 Å². The van der Waals surface area contributed by atoms with E-state index >= 15 is 0 Å². The van der Waals surface area contributed by atoms with Crippen LogP contribution in [0.1, 0.15) is 16.7 Å². The minimum atomic E-state index is -0.804. The molecule has 0 spiro atoms. The van der Waals surface area contributed by atoms with Gasteiger partial charge in [0.15, 0.2) is 0 Å². The summed E-state index contributed by atoms with van der Waals surface area (Å²) in [6.07, 6.45) is 0.0407. The van der Waals surface area contributed by atoms with Crippen LogP contribution in [-0.4, -0.2) is 36.9 Å². The first kappa shape index (κ1) is 24.3. The number of nitrogens with zero attached hydrogens (tertiary/aromatic N) is 1. The Labute approximate surface area is 198 Å². The number of methoxy groups -OCH3 is 1. The molecule has 3 aromatic rings. The van der Waals surface area contributed by atoms with Crippen LogP contribution in [0.2, 0.25) is 5.02 Å². The lowest BCUT2D eigenvalue weighted by Gasteiger charge is -2.31. The molecule has 33 heavy (non-hydrogen) atoms. The zero-order chi connectivity index (χ0) is 23.8. The number of benzene rings is 3. The molecule has 0 fully saturated rings. The molecule has 0 aliphatic carbocycles. The topological polar surface area (TPSA) is 58.6 Å². The third-order valence-corrected chi connectivity index (χ3v) is 5.75. The summed E-state index contributed by atoms with van der Waals surface area (Å²) in [5.41, 5.74) is 1.79. The molecule has 172 valence electrons. The number of hydrogen-bond donors (Lipinski definition) is 1. The summed E-state index contributed by atoms with van der Waals surface area (Å²) >= 11 is 6.17. The summed E-state index contributed by atoms with van der Waals surface area (Å²) in [4.78, 5) is 27.9. The number of halogens is 2. The first-order chi connectivity index (χ1) is 15.9. The molecule has 1 atom stereocenters. The minimum Gasteiger partial charge on any atom is -0.497 e. The van der Waals surface area contributed by atoms with Crippen LogP contribution in [0.25, 0.3) is 0 Å². The van der Waals surface area contributed by atoms with Gasteiger partial charge in [-0.15, -0.1) is 0 Å².